The maximum Gasteiger partial charge on any atom is 0.225 e. The van der Waals surface area contributed by atoms with Crippen LogP contribution in [0.1, 0.15) is 42.1 Å². The monoisotopic (exact) mass is 268 g/mol. The molecule has 0 aliphatic rings. The van der Waals surface area contributed by atoms with Gasteiger partial charge in [0.1, 0.15) is 0 Å². The van der Waals surface area contributed by atoms with Gasteiger partial charge in [0, 0.05) is 16.3 Å². The van der Waals surface area contributed by atoms with Crippen LogP contribution in [0.4, 0.5) is 0 Å². The number of thiophene rings is 1. The van der Waals surface area contributed by atoms with E-state index in [2.05, 4.69) is 25.2 Å². The Balaban J connectivity index is 2.73. The number of hydrogen-bond donors (Lipinski definition) is 2. The molecule has 2 atom stereocenters. The quantitative estimate of drug-likeness (QED) is 0.862. The van der Waals surface area contributed by atoms with E-state index in [0.717, 1.165) is 0 Å². The lowest BCUT2D eigenvalue weighted by Crippen LogP contribution is -2.39. The number of rotatable bonds is 5. The minimum Gasteiger partial charge on any atom is -0.349 e. The number of carbonyl (C=O) groups excluding carboxylic acids is 1. The van der Waals surface area contributed by atoms with Crippen LogP contribution in [0.5, 0.6) is 0 Å². The summed E-state index contributed by atoms with van der Waals surface area (Å²) < 4.78 is 0. The van der Waals surface area contributed by atoms with Crippen LogP contribution in [0.15, 0.2) is 6.07 Å². The summed E-state index contributed by atoms with van der Waals surface area (Å²) in [6.45, 7) is 10.7. The van der Waals surface area contributed by atoms with Crippen molar-refractivity contribution in [1.82, 2.24) is 5.32 Å². The zero-order chi connectivity index (χ0) is 13.9. The van der Waals surface area contributed by atoms with Gasteiger partial charge >= 0.3 is 0 Å². The van der Waals surface area contributed by atoms with Crippen molar-refractivity contribution in [2.24, 2.45) is 17.6 Å². The standard InChI is InChI=1S/C14H24N2OS/c1-8(2)13(7-15)14(17)16-10(4)12-6-9(3)18-11(12)5/h6,8,10,13H,7,15H2,1-5H3,(H,16,17). The number of aryl methyl sites for hydroxylation is 2. The van der Waals surface area contributed by atoms with E-state index in [1.54, 1.807) is 11.3 Å². The van der Waals surface area contributed by atoms with Crippen molar-refractivity contribution in [2.75, 3.05) is 6.54 Å². The fourth-order valence-corrected chi connectivity index (χ4v) is 3.18. The predicted octanol–water partition coefficient (Wildman–Crippen LogP) is 2.77. The first-order valence-electron chi connectivity index (χ1n) is 6.44. The van der Waals surface area contributed by atoms with Crippen molar-refractivity contribution in [3.63, 3.8) is 0 Å². The van der Waals surface area contributed by atoms with Crippen molar-refractivity contribution in [3.8, 4) is 0 Å². The van der Waals surface area contributed by atoms with E-state index >= 15 is 0 Å². The van der Waals surface area contributed by atoms with Gasteiger partial charge in [-0.05, 0) is 38.3 Å². The molecule has 3 nitrogen and oxygen atoms in total. The summed E-state index contributed by atoms with van der Waals surface area (Å²) in [5.41, 5.74) is 6.88. The molecule has 3 N–H and O–H groups in total. The molecule has 1 heterocycles. The van der Waals surface area contributed by atoms with Crippen molar-refractivity contribution in [2.45, 2.75) is 40.7 Å². The molecule has 1 amide bonds. The zero-order valence-electron chi connectivity index (χ0n) is 11.9. The van der Waals surface area contributed by atoms with Crippen LogP contribution in [0.3, 0.4) is 0 Å². The van der Waals surface area contributed by atoms with Crippen LogP contribution in [-0.2, 0) is 4.79 Å². The van der Waals surface area contributed by atoms with E-state index in [1.165, 1.54) is 15.3 Å². The second kappa shape index (κ2) is 6.34. The van der Waals surface area contributed by atoms with Gasteiger partial charge in [-0.1, -0.05) is 13.8 Å². The van der Waals surface area contributed by atoms with Gasteiger partial charge in [-0.15, -0.1) is 11.3 Å². The first-order valence-corrected chi connectivity index (χ1v) is 7.25. The SMILES string of the molecule is Cc1cc(C(C)NC(=O)C(CN)C(C)C)c(C)s1. The third kappa shape index (κ3) is 3.56. The second-order valence-electron chi connectivity index (χ2n) is 5.19. The maximum absolute atomic E-state index is 12.1. The minimum atomic E-state index is -0.104. The van der Waals surface area contributed by atoms with Gasteiger partial charge in [0.25, 0.3) is 0 Å². The van der Waals surface area contributed by atoms with Gasteiger partial charge in [0.15, 0.2) is 0 Å². The lowest BCUT2D eigenvalue weighted by atomic mass is 9.94. The third-order valence-electron chi connectivity index (χ3n) is 3.30. The van der Waals surface area contributed by atoms with Gasteiger partial charge in [-0.2, -0.15) is 0 Å². The molecule has 0 fully saturated rings. The highest BCUT2D eigenvalue weighted by molar-refractivity contribution is 7.12. The van der Waals surface area contributed by atoms with E-state index in [4.69, 9.17) is 5.73 Å². The Hall–Kier alpha value is -0.870. The first-order chi connectivity index (χ1) is 8.36. The largest absolute Gasteiger partial charge is 0.349 e. The maximum atomic E-state index is 12.1. The fourth-order valence-electron chi connectivity index (χ4n) is 2.16. The molecule has 0 aromatic carbocycles. The van der Waals surface area contributed by atoms with Crippen LogP contribution < -0.4 is 11.1 Å². The minimum absolute atomic E-state index is 0.0512. The highest BCUT2D eigenvalue weighted by Crippen LogP contribution is 2.26. The Labute approximate surface area is 114 Å². The molecule has 1 aromatic rings. The molecule has 4 heteroatoms. The summed E-state index contributed by atoms with van der Waals surface area (Å²) in [6.07, 6.45) is 0. The van der Waals surface area contributed by atoms with E-state index in [0.29, 0.717) is 6.54 Å². The highest BCUT2D eigenvalue weighted by Gasteiger charge is 2.23. The van der Waals surface area contributed by atoms with E-state index < -0.39 is 0 Å². The summed E-state index contributed by atoms with van der Waals surface area (Å²) in [6, 6.07) is 2.20. The van der Waals surface area contributed by atoms with Gasteiger partial charge in [-0.3, -0.25) is 4.79 Å². The van der Waals surface area contributed by atoms with Gasteiger partial charge in [0.2, 0.25) is 5.91 Å². The number of carbonyl (C=O) groups is 1. The van der Waals surface area contributed by atoms with Crippen LogP contribution >= 0.6 is 11.3 Å². The van der Waals surface area contributed by atoms with E-state index in [9.17, 15) is 4.79 Å². The third-order valence-corrected chi connectivity index (χ3v) is 4.28. The molecular formula is C14H24N2OS. The first kappa shape index (κ1) is 15.2. The van der Waals surface area contributed by atoms with Crippen molar-refractivity contribution in [3.05, 3.63) is 21.4 Å². The highest BCUT2D eigenvalue weighted by atomic mass is 32.1. The fraction of sp³-hybridized carbons (Fsp3) is 0.643. The number of hydrogen-bond acceptors (Lipinski definition) is 3. The van der Waals surface area contributed by atoms with Crippen molar-refractivity contribution < 1.29 is 4.79 Å². The molecule has 0 spiro atoms. The molecule has 0 saturated heterocycles. The molecular weight excluding hydrogens is 244 g/mol. The van der Waals surface area contributed by atoms with Crippen molar-refractivity contribution >= 4 is 17.2 Å². The van der Waals surface area contributed by atoms with Gasteiger partial charge in [0.05, 0.1) is 12.0 Å². The molecule has 102 valence electrons. The van der Waals surface area contributed by atoms with Crippen LogP contribution in [0.25, 0.3) is 0 Å². The van der Waals surface area contributed by atoms with Crippen LogP contribution in [-0.4, -0.2) is 12.5 Å². The number of amides is 1. The van der Waals surface area contributed by atoms with E-state index in [-0.39, 0.29) is 23.8 Å². The smallest absolute Gasteiger partial charge is 0.225 e. The molecule has 0 radical (unpaired) electrons. The number of nitrogens with one attached hydrogen (secondary N) is 1. The Morgan fingerprint density at radius 3 is 2.39 bits per heavy atom. The molecule has 0 saturated carbocycles. The summed E-state index contributed by atoms with van der Waals surface area (Å²) in [5, 5.41) is 3.07. The summed E-state index contributed by atoms with van der Waals surface area (Å²) in [7, 11) is 0. The van der Waals surface area contributed by atoms with Crippen molar-refractivity contribution in [1.29, 1.82) is 0 Å². The molecule has 2 unspecified atom stereocenters. The predicted molar refractivity (Wildman–Crippen MR) is 77.7 cm³/mol. The topological polar surface area (TPSA) is 55.1 Å². The molecule has 0 aliphatic heterocycles. The average molecular weight is 268 g/mol. The van der Waals surface area contributed by atoms with E-state index in [1.807, 2.05) is 20.8 Å². The summed E-state index contributed by atoms with van der Waals surface area (Å²) >= 11 is 1.77. The second-order valence-corrected chi connectivity index (χ2v) is 6.65. The van der Waals surface area contributed by atoms with Gasteiger partial charge in [-0.25, -0.2) is 0 Å². The lowest BCUT2D eigenvalue weighted by Gasteiger charge is -2.21. The Kier molecular flexibility index (Phi) is 5.35. The normalized spacial score (nSPS) is 14.6. The molecule has 0 bridgehead atoms. The summed E-state index contributed by atoms with van der Waals surface area (Å²) in [5.74, 6) is 0.225. The number of nitrogens with two attached hydrogens (primary N) is 1. The Bertz CT molecular complexity index is 412. The molecule has 18 heavy (non-hydrogen) atoms. The molecule has 1 aromatic heterocycles. The van der Waals surface area contributed by atoms with Gasteiger partial charge < -0.3 is 11.1 Å². The van der Waals surface area contributed by atoms with Crippen LogP contribution in [0.2, 0.25) is 0 Å². The Morgan fingerprint density at radius 2 is 2.00 bits per heavy atom. The Morgan fingerprint density at radius 1 is 1.39 bits per heavy atom. The molecule has 1 rings (SSSR count). The lowest BCUT2D eigenvalue weighted by molar-refractivity contribution is -0.126. The van der Waals surface area contributed by atoms with Crippen LogP contribution in [0, 0.1) is 25.7 Å². The zero-order valence-corrected chi connectivity index (χ0v) is 12.7. The molecule has 0 aliphatic carbocycles. The summed E-state index contributed by atoms with van der Waals surface area (Å²) in [4.78, 5) is 14.7. The average Bonchev–Trinajstić information content (AvgIpc) is 2.58.